The number of carboxylic acids is 1. The van der Waals surface area contributed by atoms with Gasteiger partial charge in [0, 0.05) is 62.5 Å². The molecule has 0 aliphatic carbocycles. The zero-order chi connectivity index (χ0) is 54.5. The van der Waals surface area contributed by atoms with Crippen LogP contribution in [-0.4, -0.2) is 55.7 Å². The van der Waals surface area contributed by atoms with Crippen molar-refractivity contribution in [1.82, 2.24) is 0 Å². The Labute approximate surface area is 487 Å². The van der Waals surface area contributed by atoms with Gasteiger partial charge in [0.25, 0.3) is 0 Å². The molecule has 0 saturated heterocycles. The molecule has 12 nitrogen and oxygen atoms in total. The molecular formula is C63H65NaO12S2. The minimum absolute atomic E-state index is 0. The van der Waals surface area contributed by atoms with E-state index < -0.39 is 11.9 Å². The molecule has 0 amide bonds. The van der Waals surface area contributed by atoms with Crippen LogP contribution in [0.3, 0.4) is 0 Å². The molecule has 15 heteroatoms. The van der Waals surface area contributed by atoms with E-state index >= 15 is 0 Å². The molecular weight excluding hydrogens is 1040 g/mol. The number of phenolic OH excluding ortho intramolecular Hbond substituents is 2. The zero-order valence-corrected chi connectivity index (χ0v) is 48.8. The summed E-state index contributed by atoms with van der Waals surface area (Å²) in [7, 11) is 1.35. The molecule has 0 radical (unpaired) electrons. The number of rotatable bonds is 26. The van der Waals surface area contributed by atoms with Gasteiger partial charge in [-0.2, -0.15) is 0 Å². The zero-order valence-electron chi connectivity index (χ0n) is 45.1. The van der Waals surface area contributed by atoms with Gasteiger partial charge >= 0.3 is 35.5 Å². The molecule has 402 valence electrons. The van der Waals surface area contributed by atoms with Crippen LogP contribution in [0.5, 0.6) is 57.5 Å². The molecule has 0 spiro atoms. The Bertz CT molecular complexity index is 3170. The Balaban J connectivity index is 0.000000249. The first-order chi connectivity index (χ1) is 37.6. The number of methoxy groups -OCH3 is 1. The molecule has 2 N–H and O–H groups in total. The summed E-state index contributed by atoms with van der Waals surface area (Å²) in [5.41, 5.74) is 5.94. The van der Waals surface area contributed by atoms with Gasteiger partial charge in [0.2, 0.25) is 0 Å². The van der Waals surface area contributed by atoms with Gasteiger partial charge in [0.15, 0.2) is 0 Å². The summed E-state index contributed by atoms with van der Waals surface area (Å²) < 4.78 is 41.4. The molecule has 8 aromatic rings. The monoisotopic (exact) mass is 1100 g/mol. The van der Waals surface area contributed by atoms with E-state index in [1.54, 1.807) is 71.2 Å². The second-order valence-corrected chi connectivity index (χ2v) is 19.6. The van der Waals surface area contributed by atoms with Gasteiger partial charge in [0.1, 0.15) is 63.1 Å². The summed E-state index contributed by atoms with van der Waals surface area (Å²) in [6.07, 6.45) is 6.15. The molecule has 0 aliphatic heterocycles. The number of hydrogen-bond acceptors (Lipinski definition) is 14. The van der Waals surface area contributed by atoms with Crippen molar-refractivity contribution in [3.8, 4) is 78.4 Å². The van der Waals surface area contributed by atoms with Crippen molar-refractivity contribution in [3.63, 3.8) is 0 Å². The molecule has 2 aromatic heterocycles. The molecule has 0 unspecified atom stereocenters. The summed E-state index contributed by atoms with van der Waals surface area (Å²) in [4.78, 5) is 25.7. The van der Waals surface area contributed by atoms with Crippen LogP contribution in [0.1, 0.15) is 96.3 Å². The summed E-state index contributed by atoms with van der Waals surface area (Å²) >= 11 is 3.19. The van der Waals surface area contributed by atoms with E-state index in [-0.39, 0.29) is 52.4 Å². The maximum atomic E-state index is 12.2. The maximum absolute atomic E-state index is 12.2. The van der Waals surface area contributed by atoms with Crippen molar-refractivity contribution in [1.29, 1.82) is 0 Å². The van der Waals surface area contributed by atoms with E-state index in [9.17, 15) is 24.9 Å². The summed E-state index contributed by atoms with van der Waals surface area (Å²) in [6, 6.07) is 40.0. The molecule has 0 aliphatic rings. The Morgan fingerprint density at radius 1 is 0.487 bits per heavy atom. The molecule has 0 atom stereocenters. The van der Waals surface area contributed by atoms with Crippen molar-refractivity contribution in [2.24, 2.45) is 0 Å². The van der Waals surface area contributed by atoms with E-state index in [0.717, 1.165) is 81.0 Å². The van der Waals surface area contributed by atoms with Gasteiger partial charge in [-0.15, -0.1) is 22.7 Å². The van der Waals surface area contributed by atoms with Crippen molar-refractivity contribution in [2.45, 2.75) is 79.1 Å². The van der Waals surface area contributed by atoms with E-state index in [2.05, 4.69) is 27.7 Å². The number of aryl methyl sites for hydroxylation is 2. The molecule has 0 saturated carbocycles. The molecule has 78 heavy (non-hydrogen) atoms. The van der Waals surface area contributed by atoms with Crippen LogP contribution in [-0.2, 0) is 30.4 Å². The fraction of sp³-hybridized carbons (Fsp3) is 0.270. The Kier molecular flexibility index (Phi) is 23.9. The van der Waals surface area contributed by atoms with Crippen LogP contribution in [0.15, 0.2) is 144 Å². The predicted octanol–water partition coefficient (Wildman–Crippen LogP) is 11.7. The SMILES string of the molecule is CCCc1c(OCCCOc2cc(O)c(-c3cccs3)cc2CC)cccc1Oc1ccccc1C(=O)OC.CCCc1c(OCCCOc2cc(O)c(-c3cccs3)cc2CC)cccc1Oc1ccccc1C(=O)[O-].[Na+]. The molecule has 6 aromatic carbocycles. The Hall–Kier alpha value is -6.94. The minimum atomic E-state index is -1.29. The molecule has 2 heterocycles. The smallest absolute Gasteiger partial charge is 0.545 e. The third-order valence-corrected chi connectivity index (χ3v) is 14.1. The number of aromatic hydroxyl groups is 2. The summed E-state index contributed by atoms with van der Waals surface area (Å²) in [5.74, 6) is 3.39. The average Bonchev–Trinajstić information content (AvgIpc) is 4.20. The topological polar surface area (TPSA) is 162 Å². The number of hydrogen-bond donors (Lipinski definition) is 2. The number of carboxylic acid groups (broad SMARTS) is 1. The van der Waals surface area contributed by atoms with Crippen LogP contribution in [0.25, 0.3) is 20.9 Å². The third-order valence-electron chi connectivity index (χ3n) is 12.3. The van der Waals surface area contributed by atoms with Crippen molar-refractivity contribution >= 4 is 34.6 Å². The quantitative estimate of drug-likeness (QED) is 0.0300. The van der Waals surface area contributed by atoms with Gasteiger partial charge in [-0.25, -0.2) is 4.79 Å². The van der Waals surface area contributed by atoms with Gasteiger partial charge < -0.3 is 53.3 Å². The van der Waals surface area contributed by atoms with Crippen LogP contribution in [0.2, 0.25) is 0 Å². The van der Waals surface area contributed by atoms with Gasteiger partial charge in [-0.3, -0.25) is 0 Å². The number of thiophene rings is 2. The minimum Gasteiger partial charge on any atom is -0.545 e. The van der Waals surface area contributed by atoms with Crippen molar-refractivity contribution in [2.75, 3.05) is 33.5 Å². The van der Waals surface area contributed by atoms with E-state index in [1.807, 2.05) is 89.6 Å². The van der Waals surface area contributed by atoms with Crippen LogP contribution in [0, 0.1) is 0 Å². The number of benzene rings is 6. The Morgan fingerprint density at radius 2 is 0.885 bits per heavy atom. The van der Waals surface area contributed by atoms with Gasteiger partial charge in [-0.05, 0) is 120 Å². The second kappa shape index (κ2) is 30.9. The van der Waals surface area contributed by atoms with Crippen LogP contribution >= 0.6 is 22.7 Å². The number of esters is 1. The summed E-state index contributed by atoms with van der Waals surface area (Å²) in [5, 5.41) is 36.6. The molecule has 8 rings (SSSR count). The normalized spacial score (nSPS) is 10.6. The fourth-order valence-electron chi connectivity index (χ4n) is 8.49. The number of phenols is 2. The molecule has 0 bridgehead atoms. The number of carbonyl (C=O) groups is 2. The largest absolute Gasteiger partial charge is 1.00 e. The van der Waals surface area contributed by atoms with Gasteiger partial charge in [-0.1, -0.05) is 89.1 Å². The van der Waals surface area contributed by atoms with E-state index in [4.69, 9.17) is 33.2 Å². The predicted molar refractivity (Wildman–Crippen MR) is 302 cm³/mol. The number of para-hydroxylation sites is 2. The Morgan fingerprint density at radius 3 is 1.28 bits per heavy atom. The number of ether oxygens (including phenoxy) is 7. The molecule has 0 fully saturated rings. The number of carbonyl (C=O) groups excluding carboxylic acids is 2. The average molecular weight is 1100 g/mol. The van der Waals surface area contributed by atoms with Gasteiger partial charge in [0.05, 0.1) is 39.5 Å². The van der Waals surface area contributed by atoms with Crippen molar-refractivity contribution < 1.29 is 87.6 Å². The third kappa shape index (κ3) is 16.1. The second-order valence-electron chi connectivity index (χ2n) is 17.7. The summed E-state index contributed by atoms with van der Waals surface area (Å²) in [6.45, 7) is 10.1. The number of aromatic carboxylic acids is 1. The van der Waals surface area contributed by atoms with E-state index in [1.165, 1.54) is 13.2 Å². The fourth-order valence-corrected chi connectivity index (χ4v) is 10.00. The van der Waals surface area contributed by atoms with Crippen LogP contribution < -0.4 is 63.1 Å². The van der Waals surface area contributed by atoms with Crippen molar-refractivity contribution in [3.05, 3.63) is 178 Å². The standard InChI is InChI=1S/C32H34O6S.C31H32O6S.Na/c1-4-11-23-27(14-8-15-28(23)38-29-13-7-6-12-24(29)32(34)35-3)36-17-10-18-37-30-21-26(33)25(20-22(30)5-2)31-16-9-19-39-31;1-3-10-22-26(13-7-14-27(22)37-28-12-6-5-11-23(28)31(33)34)35-16-9-17-36-29-20-25(32)24(19-21(29)4-2)30-15-8-18-38-30;/h6-9,12-16,19-21,33H,4-5,10-11,17-18H2,1-3H3;5-8,11-15,18-20,32H,3-4,9-10,16-17H2,1-2H3,(H,33,34);/q;;+1/p-1. The van der Waals surface area contributed by atoms with Crippen LogP contribution in [0.4, 0.5) is 0 Å². The first-order valence-corrected chi connectivity index (χ1v) is 27.7. The first-order valence-electron chi connectivity index (χ1n) is 25.9. The maximum Gasteiger partial charge on any atom is 1.00 e. The first kappa shape index (κ1) is 60.3. The van der Waals surface area contributed by atoms with E-state index in [0.29, 0.717) is 85.8 Å².